The van der Waals surface area contributed by atoms with Gasteiger partial charge in [-0.1, -0.05) is 12.1 Å². The van der Waals surface area contributed by atoms with Gasteiger partial charge in [0.1, 0.15) is 6.04 Å². The molecule has 0 saturated heterocycles. The second-order valence-corrected chi connectivity index (χ2v) is 12.9. The number of nitriles is 1. The van der Waals surface area contributed by atoms with Crippen LogP contribution >= 0.6 is 10.6 Å². The van der Waals surface area contributed by atoms with Crippen LogP contribution in [0.25, 0.3) is 0 Å². The molecule has 0 unspecified atom stereocenters. The summed E-state index contributed by atoms with van der Waals surface area (Å²) >= 11 is 0. The van der Waals surface area contributed by atoms with Crippen molar-refractivity contribution in [3.8, 4) is 6.07 Å². The van der Waals surface area contributed by atoms with Gasteiger partial charge in [-0.05, 0) is 43.2 Å². The molecule has 0 fully saturated rings. The lowest BCUT2D eigenvalue weighted by atomic mass is 9.84. The zero-order valence-corrected chi connectivity index (χ0v) is 21.7. The molecule has 0 spiro atoms. The van der Waals surface area contributed by atoms with Gasteiger partial charge in [-0.25, -0.2) is 17.5 Å². The number of carbonyl (C=O) groups excluding carboxylic acids is 2. The molecule has 4 rings (SSSR count). The maximum Gasteiger partial charge on any atom is 0.416 e. The molecule has 9 nitrogen and oxygen atoms in total. The van der Waals surface area contributed by atoms with Crippen LogP contribution in [0.4, 0.5) is 23.7 Å². The Kier molecular flexibility index (Phi) is 6.86. The number of hydrogen-bond donors (Lipinski definition) is 2. The first-order chi connectivity index (χ1) is 17.6. The summed E-state index contributed by atoms with van der Waals surface area (Å²) in [7, 11) is -8.09. The third-order valence-electron chi connectivity index (χ3n) is 6.23. The first kappa shape index (κ1) is 27.6. The van der Waals surface area contributed by atoms with Crippen molar-refractivity contribution >= 4 is 38.1 Å². The second-order valence-electron chi connectivity index (χ2n) is 8.96. The first-order valence-electron chi connectivity index (χ1n) is 11.1. The van der Waals surface area contributed by atoms with Crippen molar-refractivity contribution in [3.63, 3.8) is 0 Å². The van der Waals surface area contributed by atoms with E-state index in [1.807, 2.05) is 6.07 Å². The normalized spacial score (nSPS) is 19.4. The van der Waals surface area contributed by atoms with Crippen LogP contribution in [0.3, 0.4) is 0 Å². The van der Waals surface area contributed by atoms with E-state index in [1.165, 1.54) is 18.2 Å². The molecule has 1 aliphatic carbocycles. The van der Waals surface area contributed by atoms with Crippen LogP contribution in [0.1, 0.15) is 42.0 Å². The Balaban J connectivity index is 2.08. The number of amides is 2. The van der Waals surface area contributed by atoms with Crippen molar-refractivity contribution < 1.29 is 40.3 Å². The van der Waals surface area contributed by atoms with E-state index in [9.17, 15) is 45.5 Å². The number of Topliss-reactive ketones (excluding diaryl/α,β-unsaturated/α-hetero) is 1. The number of nitrogens with zero attached hydrogens (tertiary/aromatic N) is 3. The quantitative estimate of drug-likeness (QED) is 0.512. The number of allylic oxidation sites excluding steroid dienone is 1. The highest BCUT2D eigenvalue weighted by atomic mass is 32.3. The van der Waals surface area contributed by atoms with Gasteiger partial charge in [0.25, 0.3) is 0 Å². The van der Waals surface area contributed by atoms with Gasteiger partial charge in [0, 0.05) is 29.5 Å². The summed E-state index contributed by atoms with van der Waals surface area (Å²) in [5.41, 5.74) is -1.56. The number of urea groups is 1. The predicted octanol–water partition coefficient (Wildman–Crippen LogP) is 5.27. The maximum absolute atomic E-state index is 13.8. The van der Waals surface area contributed by atoms with E-state index in [1.54, 1.807) is 0 Å². The smallest absolute Gasteiger partial charge is 0.295 e. The molecule has 0 aromatic heterocycles. The van der Waals surface area contributed by atoms with E-state index in [0.29, 0.717) is 16.6 Å². The fraction of sp³-hybridized carbons (Fsp3) is 0.292. The van der Waals surface area contributed by atoms with E-state index in [4.69, 9.17) is 0 Å². The molecule has 1 atom stereocenters. The molecule has 2 N–H and O–H groups in total. The lowest BCUT2D eigenvalue weighted by molar-refractivity contribution is -0.137. The zero-order valence-electron chi connectivity index (χ0n) is 20.1. The van der Waals surface area contributed by atoms with Crippen molar-refractivity contribution in [3.05, 3.63) is 70.4 Å². The van der Waals surface area contributed by atoms with Crippen molar-refractivity contribution in [2.75, 3.05) is 17.4 Å². The van der Waals surface area contributed by atoms with Crippen LogP contribution in [0, 0.1) is 11.3 Å². The maximum atomic E-state index is 13.8. The van der Waals surface area contributed by atoms with Crippen molar-refractivity contribution in [2.24, 2.45) is 0 Å². The van der Waals surface area contributed by atoms with E-state index in [0.717, 1.165) is 29.4 Å². The molecule has 1 aliphatic heterocycles. The fourth-order valence-corrected chi connectivity index (χ4v) is 6.64. The Hall–Kier alpha value is -3.38. The Morgan fingerprint density at radius 3 is 2.32 bits per heavy atom. The summed E-state index contributed by atoms with van der Waals surface area (Å²) in [6.07, 6.45) is -2.68. The van der Waals surface area contributed by atoms with Crippen LogP contribution in [-0.2, 0) is 21.0 Å². The highest BCUT2D eigenvalue weighted by Crippen LogP contribution is 2.53. The number of ketones is 1. The molecule has 202 valence electrons. The van der Waals surface area contributed by atoms with Gasteiger partial charge in [-0.2, -0.15) is 29.0 Å². The number of anilines is 1. The van der Waals surface area contributed by atoms with Gasteiger partial charge in [0.05, 0.1) is 34.0 Å². The molecule has 2 aliphatic rings. The minimum atomic E-state index is -4.75. The second kappa shape index (κ2) is 9.42. The molecule has 14 heteroatoms. The van der Waals surface area contributed by atoms with Crippen molar-refractivity contribution in [2.45, 2.75) is 36.4 Å². The van der Waals surface area contributed by atoms with Crippen LogP contribution < -0.4 is 4.90 Å². The topological polar surface area (TPSA) is 139 Å². The van der Waals surface area contributed by atoms with E-state index < -0.39 is 50.2 Å². The highest BCUT2D eigenvalue weighted by molar-refractivity contribution is 8.23. The number of rotatable bonds is 4. The van der Waals surface area contributed by atoms with Gasteiger partial charge in [0.15, 0.2) is 5.78 Å². The summed E-state index contributed by atoms with van der Waals surface area (Å²) in [5.74, 6) is -0.544. The average Bonchev–Trinajstić information content (AvgIpc) is 2.81. The van der Waals surface area contributed by atoms with Gasteiger partial charge in [-0.3, -0.25) is 18.8 Å². The average molecular weight is 570 g/mol. The third-order valence-corrected chi connectivity index (χ3v) is 8.50. The monoisotopic (exact) mass is 569 g/mol. The first-order valence-corrected chi connectivity index (χ1v) is 14.9. The molecule has 2 aromatic carbocycles. The summed E-state index contributed by atoms with van der Waals surface area (Å²) in [6.45, 7) is 0. The number of carbonyl (C=O) groups is 2. The van der Waals surface area contributed by atoms with Crippen LogP contribution in [-0.4, -0.2) is 46.2 Å². The number of halogens is 3. The van der Waals surface area contributed by atoms with Crippen molar-refractivity contribution in [1.29, 1.82) is 5.26 Å². The Bertz CT molecular complexity index is 1520. The molecule has 0 bridgehead atoms. The molecule has 0 radical (unpaired) electrons. The number of alkyl halides is 3. The fourth-order valence-electron chi connectivity index (χ4n) is 4.70. The summed E-state index contributed by atoms with van der Waals surface area (Å²) in [6, 6.07) is 6.41. The van der Waals surface area contributed by atoms with Gasteiger partial charge < -0.3 is 0 Å². The predicted molar refractivity (Wildman–Crippen MR) is 133 cm³/mol. The molecular weight excluding hydrogens is 547 g/mol. The van der Waals surface area contributed by atoms with Gasteiger partial charge in [-0.15, -0.1) is 0 Å². The van der Waals surface area contributed by atoms with Crippen LogP contribution in [0.2, 0.25) is 0 Å². The number of benzene rings is 2. The Morgan fingerprint density at radius 2 is 1.74 bits per heavy atom. The van der Waals surface area contributed by atoms with Crippen molar-refractivity contribution in [1.82, 2.24) is 4.31 Å². The molecule has 0 saturated carbocycles. The Morgan fingerprint density at radius 1 is 1.05 bits per heavy atom. The third kappa shape index (κ3) is 4.90. The SMILES string of the molecule is CS(O)(O)c1cc(C#N)ccc1[C@@H]1C2=C(CCCC2=O)N(c2cccc(C(F)(F)F)c2)C(=O)N1S(C)(=O)=O. The summed E-state index contributed by atoms with van der Waals surface area (Å²) in [4.78, 5) is 27.7. The molecule has 1 heterocycles. The zero-order chi connectivity index (χ0) is 28.2. The van der Waals surface area contributed by atoms with E-state index >= 15 is 0 Å². The van der Waals surface area contributed by atoms with Gasteiger partial charge in [0.2, 0.25) is 10.0 Å². The van der Waals surface area contributed by atoms with Crippen LogP contribution in [0.5, 0.6) is 0 Å². The number of sulfonamides is 1. The van der Waals surface area contributed by atoms with Crippen LogP contribution in [0.15, 0.2) is 58.6 Å². The lowest BCUT2D eigenvalue weighted by Crippen LogP contribution is -2.54. The minimum absolute atomic E-state index is 0.0217. The van der Waals surface area contributed by atoms with E-state index in [2.05, 4.69) is 0 Å². The van der Waals surface area contributed by atoms with Gasteiger partial charge >= 0.3 is 12.2 Å². The lowest BCUT2D eigenvalue weighted by Gasteiger charge is -2.45. The molecule has 2 aromatic rings. The summed E-state index contributed by atoms with van der Waals surface area (Å²) < 4.78 is 87.9. The molecule has 38 heavy (non-hydrogen) atoms. The highest BCUT2D eigenvalue weighted by Gasteiger charge is 2.49. The molecule has 2 amide bonds. The number of hydrogen-bond acceptors (Lipinski definition) is 7. The minimum Gasteiger partial charge on any atom is -0.295 e. The largest absolute Gasteiger partial charge is 0.416 e. The standard InChI is InChI=1S/C24H22F3N3O6S2/c1-37(33,34)20-11-14(13-28)9-10-17(20)22-21-18(7-4-8-19(21)31)29(23(32)30(22)38(2,35)36)16-6-3-5-15(12-16)24(25,26)27/h3,5-6,9-12,22,33-34H,4,7-8H2,1-2H3/t22-/m1/s1. The van der Waals surface area contributed by atoms with E-state index in [-0.39, 0.29) is 52.2 Å². The summed E-state index contributed by atoms with van der Waals surface area (Å²) in [5, 5.41) is 9.31. The Labute approximate surface area is 218 Å². The molecular formula is C24H22F3N3O6S2.